The summed E-state index contributed by atoms with van der Waals surface area (Å²) >= 11 is 0. The number of hydrogen-bond donors (Lipinski definition) is 1. The van der Waals surface area contributed by atoms with Crippen LogP contribution in [-0.4, -0.2) is 35.8 Å². The average molecular weight is 324 g/mol. The Morgan fingerprint density at radius 3 is 2.61 bits per heavy atom. The largest absolute Gasteiger partial charge is 0.354 e. The van der Waals surface area contributed by atoms with Gasteiger partial charge in [0.25, 0.3) is 0 Å². The lowest BCUT2D eigenvalue weighted by Crippen LogP contribution is -2.46. The number of rotatable bonds is 6. The molecule has 0 aromatic heterocycles. The van der Waals surface area contributed by atoms with Crippen molar-refractivity contribution in [2.45, 2.75) is 45.1 Å². The van der Waals surface area contributed by atoms with Crippen molar-refractivity contribution in [1.82, 2.24) is 10.2 Å². The maximum Gasteiger partial charge on any atom is 0.242 e. The molecule has 2 rings (SSSR count). The van der Waals surface area contributed by atoms with Gasteiger partial charge in [-0.1, -0.05) is 6.92 Å². The van der Waals surface area contributed by atoms with Crippen molar-refractivity contribution < 1.29 is 18.4 Å². The highest BCUT2D eigenvalue weighted by molar-refractivity contribution is 5.88. The first-order chi connectivity index (χ1) is 11.0. The van der Waals surface area contributed by atoms with Gasteiger partial charge in [0.15, 0.2) is 0 Å². The molecule has 1 saturated heterocycles. The van der Waals surface area contributed by atoms with Gasteiger partial charge in [-0.3, -0.25) is 9.59 Å². The van der Waals surface area contributed by atoms with Crippen LogP contribution >= 0.6 is 0 Å². The molecule has 2 amide bonds. The first-order valence-electron chi connectivity index (χ1n) is 8.03. The van der Waals surface area contributed by atoms with E-state index in [4.69, 9.17) is 0 Å². The fraction of sp³-hybridized carbons (Fsp3) is 0.529. The van der Waals surface area contributed by atoms with Crippen LogP contribution in [0.25, 0.3) is 0 Å². The lowest BCUT2D eigenvalue weighted by Gasteiger charge is -2.23. The third-order valence-corrected chi connectivity index (χ3v) is 3.97. The number of amides is 2. The molecule has 1 aromatic carbocycles. The molecule has 1 atom stereocenters. The van der Waals surface area contributed by atoms with Gasteiger partial charge in [0.1, 0.15) is 17.7 Å². The van der Waals surface area contributed by atoms with Crippen LogP contribution in [-0.2, 0) is 16.0 Å². The molecule has 1 aromatic rings. The maximum absolute atomic E-state index is 13.1. The molecule has 126 valence electrons. The van der Waals surface area contributed by atoms with Gasteiger partial charge in [-0.15, -0.1) is 0 Å². The van der Waals surface area contributed by atoms with Crippen molar-refractivity contribution >= 4 is 11.8 Å². The summed E-state index contributed by atoms with van der Waals surface area (Å²) in [5.74, 6) is -1.43. The summed E-state index contributed by atoms with van der Waals surface area (Å²) in [6.45, 7) is 2.83. The topological polar surface area (TPSA) is 49.4 Å². The number of benzene rings is 1. The number of carbonyl (C=O) groups is 2. The minimum absolute atomic E-state index is 0.0114. The smallest absolute Gasteiger partial charge is 0.242 e. The summed E-state index contributed by atoms with van der Waals surface area (Å²) < 4.78 is 26.2. The molecule has 23 heavy (non-hydrogen) atoms. The van der Waals surface area contributed by atoms with Crippen molar-refractivity contribution in [1.29, 1.82) is 0 Å². The molecule has 4 nitrogen and oxygen atoms in total. The highest BCUT2D eigenvalue weighted by Crippen LogP contribution is 2.19. The molecular formula is C17H22F2N2O2. The molecule has 1 heterocycles. The zero-order valence-corrected chi connectivity index (χ0v) is 13.3. The van der Waals surface area contributed by atoms with Crippen LogP contribution in [0, 0.1) is 11.6 Å². The summed E-state index contributed by atoms with van der Waals surface area (Å²) in [6, 6.07) is 2.90. The van der Waals surface area contributed by atoms with Gasteiger partial charge in [-0.05, 0) is 43.4 Å². The quantitative estimate of drug-likeness (QED) is 0.874. The normalized spacial score (nSPS) is 17.3. The predicted octanol–water partition coefficient (Wildman–Crippen LogP) is 2.41. The first kappa shape index (κ1) is 17.4. The molecule has 0 spiro atoms. The van der Waals surface area contributed by atoms with Crippen molar-refractivity contribution in [2.75, 3.05) is 13.1 Å². The number of carbonyl (C=O) groups excluding carboxylic acids is 2. The number of likely N-dealkylation sites (tertiary alicyclic amines) is 1. The van der Waals surface area contributed by atoms with E-state index in [1.165, 1.54) is 12.1 Å². The summed E-state index contributed by atoms with van der Waals surface area (Å²) in [7, 11) is 0. The average Bonchev–Trinajstić information content (AvgIpc) is 2.96. The molecule has 0 radical (unpaired) electrons. The van der Waals surface area contributed by atoms with E-state index in [1.807, 2.05) is 6.92 Å². The fourth-order valence-electron chi connectivity index (χ4n) is 2.90. The second kappa shape index (κ2) is 8.04. The van der Waals surface area contributed by atoms with Crippen molar-refractivity contribution in [3.63, 3.8) is 0 Å². The second-order valence-electron chi connectivity index (χ2n) is 5.81. The summed E-state index contributed by atoms with van der Waals surface area (Å²) in [4.78, 5) is 25.9. The van der Waals surface area contributed by atoms with Gasteiger partial charge in [0, 0.05) is 25.6 Å². The van der Waals surface area contributed by atoms with E-state index in [0.717, 1.165) is 18.9 Å². The van der Waals surface area contributed by atoms with Crippen LogP contribution in [0.4, 0.5) is 8.78 Å². The number of halogens is 2. The highest BCUT2D eigenvalue weighted by atomic mass is 19.1. The van der Waals surface area contributed by atoms with Gasteiger partial charge < -0.3 is 10.2 Å². The Balaban J connectivity index is 1.85. The molecule has 1 aliphatic heterocycles. The lowest BCUT2D eigenvalue weighted by atomic mass is 10.1. The van der Waals surface area contributed by atoms with Crippen LogP contribution in [0.2, 0.25) is 0 Å². The van der Waals surface area contributed by atoms with E-state index in [0.29, 0.717) is 31.4 Å². The third-order valence-electron chi connectivity index (χ3n) is 3.97. The van der Waals surface area contributed by atoms with Gasteiger partial charge >= 0.3 is 0 Å². The minimum atomic E-state index is -0.626. The molecule has 1 aliphatic rings. The first-order valence-corrected chi connectivity index (χ1v) is 8.03. The standard InChI is InChI=1S/C17H22F2N2O2/c1-2-4-16(22)21-8-3-5-15(21)17(23)20-7-6-12-9-13(18)11-14(19)10-12/h9-11,15H,2-8H2,1H3,(H,20,23)/t15-/m1/s1. The Hall–Kier alpha value is -1.98. The molecule has 0 bridgehead atoms. The monoisotopic (exact) mass is 324 g/mol. The summed E-state index contributed by atoms with van der Waals surface area (Å²) in [6.07, 6.45) is 3.04. The predicted molar refractivity (Wildman–Crippen MR) is 82.7 cm³/mol. The number of nitrogens with zero attached hydrogens (tertiary/aromatic N) is 1. The van der Waals surface area contributed by atoms with Gasteiger partial charge in [0.2, 0.25) is 11.8 Å². The Morgan fingerprint density at radius 2 is 1.96 bits per heavy atom. The molecular weight excluding hydrogens is 302 g/mol. The van der Waals surface area contributed by atoms with Gasteiger partial charge in [-0.2, -0.15) is 0 Å². The van der Waals surface area contributed by atoms with E-state index >= 15 is 0 Å². The second-order valence-corrected chi connectivity index (χ2v) is 5.81. The van der Waals surface area contributed by atoms with Crippen molar-refractivity contribution in [2.24, 2.45) is 0 Å². The van der Waals surface area contributed by atoms with E-state index in [2.05, 4.69) is 5.32 Å². The zero-order chi connectivity index (χ0) is 16.8. The molecule has 0 aliphatic carbocycles. The lowest BCUT2D eigenvalue weighted by molar-refractivity contribution is -0.138. The van der Waals surface area contributed by atoms with Crippen LogP contribution in [0.1, 0.15) is 38.2 Å². The maximum atomic E-state index is 13.1. The SMILES string of the molecule is CCCC(=O)N1CCC[C@@H]1C(=O)NCCc1cc(F)cc(F)c1. The number of nitrogens with one attached hydrogen (secondary N) is 1. The van der Waals surface area contributed by atoms with E-state index in [-0.39, 0.29) is 18.4 Å². The van der Waals surface area contributed by atoms with Gasteiger partial charge in [-0.25, -0.2) is 8.78 Å². The molecule has 6 heteroatoms. The highest BCUT2D eigenvalue weighted by Gasteiger charge is 2.33. The van der Waals surface area contributed by atoms with E-state index in [1.54, 1.807) is 4.90 Å². The van der Waals surface area contributed by atoms with Crippen molar-refractivity contribution in [3.05, 3.63) is 35.4 Å². The Kier molecular flexibility index (Phi) is 6.07. The van der Waals surface area contributed by atoms with Crippen LogP contribution in [0.5, 0.6) is 0 Å². The molecule has 0 unspecified atom stereocenters. The Bertz CT molecular complexity index is 557. The van der Waals surface area contributed by atoms with Crippen molar-refractivity contribution in [3.8, 4) is 0 Å². The van der Waals surface area contributed by atoms with Gasteiger partial charge in [0.05, 0.1) is 0 Å². The fourth-order valence-corrected chi connectivity index (χ4v) is 2.90. The third kappa shape index (κ3) is 4.74. The zero-order valence-electron chi connectivity index (χ0n) is 13.3. The summed E-state index contributed by atoms with van der Waals surface area (Å²) in [5, 5.41) is 2.76. The van der Waals surface area contributed by atoms with Crippen LogP contribution in [0.15, 0.2) is 18.2 Å². The van der Waals surface area contributed by atoms with E-state index in [9.17, 15) is 18.4 Å². The Labute approximate surface area is 134 Å². The Morgan fingerprint density at radius 1 is 1.26 bits per heavy atom. The summed E-state index contributed by atoms with van der Waals surface area (Å²) in [5.41, 5.74) is 0.494. The number of hydrogen-bond acceptors (Lipinski definition) is 2. The van der Waals surface area contributed by atoms with Crippen LogP contribution < -0.4 is 5.32 Å². The minimum Gasteiger partial charge on any atom is -0.354 e. The molecule has 0 saturated carbocycles. The molecule has 1 N–H and O–H groups in total. The molecule has 1 fully saturated rings. The van der Waals surface area contributed by atoms with E-state index < -0.39 is 17.7 Å². The van der Waals surface area contributed by atoms with Crippen LogP contribution in [0.3, 0.4) is 0 Å².